The summed E-state index contributed by atoms with van der Waals surface area (Å²) >= 11 is 0. The molecule has 1 aliphatic heterocycles. The van der Waals surface area contributed by atoms with Crippen LogP contribution >= 0.6 is 0 Å². The second-order valence-corrected chi connectivity index (χ2v) is 7.46. The monoisotopic (exact) mass is 350 g/mol. The molecule has 2 aromatic rings. The van der Waals surface area contributed by atoms with Crippen LogP contribution in [0.15, 0.2) is 42.5 Å². The van der Waals surface area contributed by atoms with Crippen molar-refractivity contribution >= 4 is 5.91 Å². The van der Waals surface area contributed by atoms with Crippen LogP contribution in [-0.2, 0) is 6.54 Å². The van der Waals surface area contributed by atoms with Crippen molar-refractivity contribution in [2.75, 3.05) is 13.1 Å². The zero-order valence-electron chi connectivity index (χ0n) is 16.2. The van der Waals surface area contributed by atoms with E-state index in [4.69, 9.17) is 0 Å². The van der Waals surface area contributed by atoms with Crippen LogP contribution in [0.5, 0.6) is 0 Å². The number of nitrogens with zero attached hydrogens (tertiary/aromatic N) is 1. The van der Waals surface area contributed by atoms with E-state index in [1.165, 1.54) is 48.2 Å². The molecule has 3 heteroatoms. The zero-order chi connectivity index (χ0) is 18.5. The summed E-state index contributed by atoms with van der Waals surface area (Å²) < 4.78 is 0. The average Bonchev–Trinajstić information content (AvgIpc) is 3.15. The van der Waals surface area contributed by atoms with E-state index in [0.717, 1.165) is 18.5 Å². The van der Waals surface area contributed by atoms with E-state index in [2.05, 4.69) is 61.3 Å². The number of benzene rings is 2. The Hall–Kier alpha value is -2.13. The molecule has 1 aliphatic rings. The molecule has 1 atom stereocenters. The summed E-state index contributed by atoms with van der Waals surface area (Å²) in [7, 11) is 0. The molecule has 0 bridgehead atoms. The van der Waals surface area contributed by atoms with Crippen LogP contribution in [0.1, 0.15) is 64.8 Å². The van der Waals surface area contributed by atoms with Crippen LogP contribution in [0.4, 0.5) is 0 Å². The highest BCUT2D eigenvalue weighted by molar-refractivity contribution is 5.94. The molecule has 0 spiro atoms. The first kappa shape index (κ1) is 18.7. The number of likely N-dealkylation sites (tertiary alicyclic amines) is 1. The molecule has 1 fully saturated rings. The summed E-state index contributed by atoms with van der Waals surface area (Å²) in [5, 5.41) is 3.19. The Labute approximate surface area is 157 Å². The van der Waals surface area contributed by atoms with Crippen LogP contribution in [-0.4, -0.2) is 23.9 Å². The lowest BCUT2D eigenvalue weighted by Crippen LogP contribution is -2.28. The molecule has 1 heterocycles. The lowest BCUT2D eigenvalue weighted by Gasteiger charge is -2.19. The Kier molecular flexibility index (Phi) is 6.10. The van der Waals surface area contributed by atoms with Gasteiger partial charge in [-0.05, 0) is 80.6 Å². The van der Waals surface area contributed by atoms with Crippen molar-refractivity contribution in [2.45, 2.75) is 52.6 Å². The minimum atomic E-state index is 0.00259. The van der Waals surface area contributed by atoms with Crippen molar-refractivity contribution in [2.24, 2.45) is 0 Å². The molecular weight excluding hydrogens is 320 g/mol. The number of nitrogens with one attached hydrogen (secondary N) is 1. The Balaban J connectivity index is 1.64. The maximum absolute atomic E-state index is 12.7. The first-order chi connectivity index (χ1) is 12.6. The standard InChI is InChI=1S/C23H30N2O/c1-4-22(21-10-7-17(2)18(3)15-21)24-23(26)20-11-8-19(9-12-20)16-25-13-5-6-14-25/h7-12,15,22H,4-6,13-14,16H2,1-3H3,(H,24,26). The highest BCUT2D eigenvalue weighted by Crippen LogP contribution is 2.21. The summed E-state index contributed by atoms with van der Waals surface area (Å²) in [4.78, 5) is 15.1. The summed E-state index contributed by atoms with van der Waals surface area (Å²) in [5.41, 5.74) is 5.74. The highest BCUT2D eigenvalue weighted by atomic mass is 16.1. The van der Waals surface area contributed by atoms with Crippen molar-refractivity contribution in [1.29, 1.82) is 0 Å². The number of rotatable bonds is 6. The molecule has 3 nitrogen and oxygen atoms in total. The molecule has 26 heavy (non-hydrogen) atoms. The third kappa shape index (κ3) is 4.53. The van der Waals surface area contributed by atoms with Crippen molar-refractivity contribution in [3.8, 4) is 0 Å². The third-order valence-corrected chi connectivity index (χ3v) is 5.47. The van der Waals surface area contributed by atoms with Crippen molar-refractivity contribution in [1.82, 2.24) is 10.2 Å². The maximum atomic E-state index is 12.7. The molecule has 0 aromatic heterocycles. The van der Waals surface area contributed by atoms with Crippen LogP contribution in [0, 0.1) is 13.8 Å². The van der Waals surface area contributed by atoms with Gasteiger partial charge in [-0.2, -0.15) is 0 Å². The summed E-state index contributed by atoms with van der Waals surface area (Å²) in [6.07, 6.45) is 3.48. The van der Waals surface area contributed by atoms with Gasteiger partial charge in [0.25, 0.3) is 5.91 Å². The summed E-state index contributed by atoms with van der Waals surface area (Å²) in [5.74, 6) is 0.00259. The Bertz CT molecular complexity index is 745. The number of amides is 1. The van der Waals surface area contributed by atoms with E-state index < -0.39 is 0 Å². The van der Waals surface area contributed by atoms with E-state index in [1.807, 2.05) is 12.1 Å². The minimum absolute atomic E-state index is 0.00259. The van der Waals surface area contributed by atoms with Crippen LogP contribution in [0.2, 0.25) is 0 Å². The molecule has 138 valence electrons. The quantitative estimate of drug-likeness (QED) is 0.813. The Morgan fingerprint density at radius 3 is 2.35 bits per heavy atom. The van der Waals surface area contributed by atoms with E-state index in [9.17, 15) is 4.79 Å². The molecule has 3 rings (SSSR count). The smallest absolute Gasteiger partial charge is 0.251 e. The van der Waals surface area contributed by atoms with Gasteiger partial charge in [-0.15, -0.1) is 0 Å². The first-order valence-corrected chi connectivity index (χ1v) is 9.76. The van der Waals surface area contributed by atoms with Gasteiger partial charge in [0.05, 0.1) is 6.04 Å². The van der Waals surface area contributed by atoms with E-state index >= 15 is 0 Å². The molecule has 0 aliphatic carbocycles. The van der Waals surface area contributed by atoms with Gasteiger partial charge in [-0.3, -0.25) is 9.69 Å². The SMILES string of the molecule is CCC(NC(=O)c1ccc(CN2CCCC2)cc1)c1ccc(C)c(C)c1. The van der Waals surface area contributed by atoms with Crippen molar-refractivity contribution < 1.29 is 4.79 Å². The van der Waals surface area contributed by atoms with E-state index in [-0.39, 0.29) is 11.9 Å². The number of aryl methyl sites for hydroxylation is 2. The lowest BCUT2D eigenvalue weighted by molar-refractivity contribution is 0.0935. The Morgan fingerprint density at radius 2 is 1.73 bits per heavy atom. The second kappa shape index (κ2) is 8.50. The molecule has 1 saturated heterocycles. The molecular formula is C23H30N2O. The average molecular weight is 351 g/mol. The predicted molar refractivity (Wildman–Crippen MR) is 107 cm³/mol. The predicted octanol–water partition coefficient (Wildman–Crippen LogP) is 4.78. The molecule has 1 N–H and O–H groups in total. The summed E-state index contributed by atoms with van der Waals surface area (Å²) in [6.45, 7) is 9.71. The fourth-order valence-corrected chi connectivity index (χ4v) is 3.60. The largest absolute Gasteiger partial charge is 0.345 e. The first-order valence-electron chi connectivity index (χ1n) is 9.76. The molecule has 0 saturated carbocycles. The van der Waals surface area contributed by atoms with Crippen LogP contribution in [0.25, 0.3) is 0 Å². The molecule has 2 aromatic carbocycles. The third-order valence-electron chi connectivity index (χ3n) is 5.47. The van der Waals surface area contributed by atoms with Gasteiger partial charge in [-0.1, -0.05) is 37.3 Å². The molecule has 1 unspecified atom stereocenters. The van der Waals surface area contributed by atoms with Crippen LogP contribution < -0.4 is 5.32 Å². The van der Waals surface area contributed by atoms with Crippen molar-refractivity contribution in [3.05, 3.63) is 70.3 Å². The molecule has 1 amide bonds. The van der Waals surface area contributed by atoms with E-state index in [1.54, 1.807) is 0 Å². The summed E-state index contributed by atoms with van der Waals surface area (Å²) in [6, 6.07) is 14.6. The highest BCUT2D eigenvalue weighted by Gasteiger charge is 2.15. The fraction of sp³-hybridized carbons (Fsp3) is 0.435. The number of carbonyl (C=O) groups is 1. The topological polar surface area (TPSA) is 32.3 Å². The maximum Gasteiger partial charge on any atom is 0.251 e. The lowest BCUT2D eigenvalue weighted by atomic mass is 9.99. The molecule has 0 radical (unpaired) electrons. The fourth-order valence-electron chi connectivity index (χ4n) is 3.60. The number of hydrogen-bond acceptors (Lipinski definition) is 2. The van der Waals surface area contributed by atoms with Crippen molar-refractivity contribution in [3.63, 3.8) is 0 Å². The van der Waals surface area contributed by atoms with Gasteiger partial charge in [0.15, 0.2) is 0 Å². The zero-order valence-corrected chi connectivity index (χ0v) is 16.2. The van der Waals surface area contributed by atoms with Gasteiger partial charge in [0.1, 0.15) is 0 Å². The van der Waals surface area contributed by atoms with Gasteiger partial charge in [-0.25, -0.2) is 0 Å². The number of carbonyl (C=O) groups excluding carboxylic acids is 1. The minimum Gasteiger partial charge on any atom is -0.345 e. The van der Waals surface area contributed by atoms with Gasteiger partial charge >= 0.3 is 0 Å². The second-order valence-electron chi connectivity index (χ2n) is 7.46. The van der Waals surface area contributed by atoms with Gasteiger partial charge < -0.3 is 5.32 Å². The van der Waals surface area contributed by atoms with E-state index in [0.29, 0.717) is 0 Å². The van der Waals surface area contributed by atoms with Gasteiger partial charge in [0, 0.05) is 12.1 Å². The number of hydrogen-bond donors (Lipinski definition) is 1. The Morgan fingerprint density at radius 1 is 1.04 bits per heavy atom. The normalized spacial score (nSPS) is 15.8. The van der Waals surface area contributed by atoms with Crippen LogP contribution in [0.3, 0.4) is 0 Å². The van der Waals surface area contributed by atoms with Gasteiger partial charge in [0.2, 0.25) is 0 Å².